The number of imidazole rings is 1. The van der Waals surface area contributed by atoms with Crippen molar-refractivity contribution in [3.05, 3.63) is 28.3 Å². The number of thioether (sulfide) groups is 1. The molecule has 1 fully saturated rings. The van der Waals surface area contributed by atoms with E-state index < -0.39 is 0 Å². The normalized spacial score (nSPS) is 20.2. The fourth-order valence-corrected chi connectivity index (χ4v) is 3.89. The lowest BCUT2D eigenvalue weighted by Gasteiger charge is -2.12. The van der Waals surface area contributed by atoms with E-state index in [1.807, 2.05) is 17.8 Å². The van der Waals surface area contributed by atoms with Crippen molar-refractivity contribution in [2.75, 3.05) is 11.5 Å². The number of aromatic amines is 1. The summed E-state index contributed by atoms with van der Waals surface area (Å²) >= 11 is 7.30. The van der Waals surface area contributed by atoms with Crippen LogP contribution in [0.5, 0.6) is 0 Å². The van der Waals surface area contributed by atoms with Gasteiger partial charge in [0.2, 0.25) is 0 Å². The Bertz CT molecular complexity index is 623. The van der Waals surface area contributed by atoms with Gasteiger partial charge in [0.05, 0.1) is 11.0 Å². The summed E-state index contributed by atoms with van der Waals surface area (Å²) in [5.41, 5.74) is 2.50. The van der Waals surface area contributed by atoms with Gasteiger partial charge < -0.3 is 9.55 Å². The van der Waals surface area contributed by atoms with E-state index in [0.29, 0.717) is 16.4 Å². The number of benzene rings is 1. The van der Waals surface area contributed by atoms with E-state index in [1.54, 1.807) is 13.0 Å². The predicted octanol–water partition coefficient (Wildman–Crippen LogP) is 3.82. The summed E-state index contributed by atoms with van der Waals surface area (Å²) < 4.78 is 16.4. The molecule has 1 saturated heterocycles. The van der Waals surface area contributed by atoms with Gasteiger partial charge in [0.25, 0.3) is 0 Å². The van der Waals surface area contributed by atoms with Gasteiger partial charge in [0, 0.05) is 11.8 Å². The number of H-pyrrole nitrogens is 1. The Morgan fingerprint density at radius 1 is 1.53 bits per heavy atom. The first-order valence-electron chi connectivity index (χ1n) is 5.65. The van der Waals surface area contributed by atoms with Crippen molar-refractivity contribution in [2.45, 2.75) is 19.4 Å². The van der Waals surface area contributed by atoms with Crippen LogP contribution in [0.3, 0.4) is 0 Å². The van der Waals surface area contributed by atoms with Crippen molar-refractivity contribution in [2.24, 2.45) is 0 Å². The average Bonchev–Trinajstić information content (AvgIpc) is 2.86. The summed E-state index contributed by atoms with van der Waals surface area (Å²) in [6.45, 7) is 1.79. The third kappa shape index (κ3) is 1.81. The highest BCUT2D eigenvalue weighted by Gasteiger charge is 2.20. The van der Waals surface area contributed by atoms with E-state index in [0.717, 1.165) is 23.2 Å². The first kappa shape index (κ1) is 11.3. The van der Waals surface area contributed by atoms with Crippen molar-refractivity contribution in [1.82, 2.24) is 9.55 Å². The van der Waals surface area contributed by atoms with Crippen LogP contribution in [0.1, 0.15) is 18.0 Å². The van der Waals surface area contributed by atoms with Crippen molar-refractivity contribution in [3.63, 3.8) is 0 Å². The number of hydrogen-bond acceptors (Lipinski definition) is 2. The Hall–Kier alpha value is -0.810. The maximum atomic E-state index is 13.5. The molecule has 90 valence electrons. The molecule has 0 spiro atoms. The molecule has 1 N–H and O–H groups in total. The molecular formula is C12H13FN2S2. The van der Waals surface area contributed by atoms with Crippen LogP contribution in [0.25, 0.3) is 11.0 Å². The number of aryl methyl sites for hydroxylation is 1. The number of halogens is 1. The fraction of sp³-hybridized carbons (Fsp3) is 0.417. The molecule has 1 atom stereocenters. The maximum Gasteiger partial charge on any atom is 0.178 e. The van der Waals surface area contributed by atoms with E-state index in [4.69, 9.17) is 12.2 Å². The highest BCUT2D eigenvalue weighted by atomic mass is 32.2. The zero-order valence-corrected chi connectivity index (χ0v) is 11.1. The molecule has 5 heteroatoms. The second-order valence-corrected chi connectivity index (χ2v) is 5.97. The summed E-state index contributed by atoms with van der Waals surface area (Å²) in [4.78, 5) is 3.10. The number of nitrogens with zero attached hydrogens (tertiary/aromatic N) is 1. The Morgan fingerprint density at radius 3 is 3.06 bits per heavy atom. The summed E-state index contributed by atoms with van der Waals surface area (Å²) in [7, 11) is 0. The molecule has 2 aromatic rings. The van der Waals surface area contributed by atoms with Crippen LogP contribution in [-0.2, 0) is 0 Å². The second kappa shape index (κ2) is 4.14. The molecule has 0 bridgehead atoms. The zero-order chi connectivity index (χ0) is 12.0. The molecular weight excluding hydrogens is 255 g/mol. The number of rotatable bonds is 1. The fourth-order valence-electron chi connectivity index (χ4n) is 2.34. The molecule has 17 heavy (non-hydrogen) atoms. The van der Waals surface area contributed by atoms with Crippen LogP contribution >= 0.6 is 24.0 Å². The Kier molecular flexibility index (Phi) is 2.75. The Morgan fingerprint density at radius 2 is 2.35 bits per heavy atom. The smallest absolute Gasteiger partial charge is 0.178 e. The van der Waals surface area contributed by atoms with Crippen molar-refractivity contribution >= 4 is 35.0 Å². The van der Waals surface area contributed by atoms with Crippen LogP contribution in [0, 0.1) is 17.5 Å². The van der Waals surface area contributed by atoms with Crippen molar-refractivity contribution < 1.29 is 4.39 Å². The van der Waals surface area contributed by atoms with Crippen LogP contribution < -0.4 is 0 Å². The summed E-state index contributed by atoms with van der Waals surface area (Å²) in [5.74, 6) is 2.10. The van der Waals surface area contributed by atoms with Crippen LogP contribution in [0.15, 0.2) is 12.1 Å². The van der Waals surface area contributed by atoms with Crippen molar-refractivity contribution in [1.29, 1.82) is 0 Å². The predicted molar refractivity (Wildman–Crippen MR) is 72.8 cm³/mol. The van der Waals surface area contributed by atoms with Gasteiger partial charge >= 0.3 is 0 Å². The van der Waals surface area contributed by atoms with Gasteiger partial charge in [-0.3, -0.25) is 0 Å². The average molecular weight is 268 g/mol. The molecule has 2 heterocycles. The molecule has 0 amide bonds. The Balaban J connectivity index is 2.26. The monoisotopic (exact) mass is 268 g/mol. The molecule has 1 aliphatic heterocycles. The van der Waals surface area contributed by atoms with E-state index in [1.165, 1.54) is 5.75 Å². The molecule has 2 nitrogen and oxygen atoms in total. The van der Waals surface area contributed by atoms with Gasteiger partial charge in [-0.1, -0.05) is 0 Å². The van der Waals surface area contributed by atoms with Gasteiger partial charge in [-0.25, -0.2) is 4.39 Å². The van der Waals surface area contributed by atoms with Gasteiger partial charge in [-0.05, 0) is 49.0 Å². The quantitative estimate of drug-likeness (QED) is 0.794. The molecule has 0 radical (unpaired) electrons. The van der Waals surface area contributed by atoms with E-state index in [9.17, 15) is 4.39 Å². The minimum absolute atomic E-state index is 0.179. The summed E-state index contributed by atoms with van der Waals surface area (Å²) in [6, 6.07) is 3.88. The number of aromatic nitrogens is 2. The van der Waals surface area contributed by atoms with Gasteiger partial charge in [-0.15, -0.1) is 0 Å². The lowest BCUT2D eigenvalue weighted by atomic mass is 10.2. The third-order valence-electron chi connectivity index (χ3n) is 3.27. The third-order valence-corrected chi connectivity index (χ3v) is 4.71. The van der Waals surface area contributed by atoms with Gasteiger partial charge in [-0.2, -0.15) is 11.8 Å². The molecule has 1 aromatic carbocycles. The Labute approximate surface area is 108 Å². The van der Waals surface area contributed by atoms with E-state index >= 15 is 0 Å². The number of nitrogens with one attached hydrogen (secondary N) is 1. The zero-order valence-electron chi connectivity index (χ0n) is 9.50. The number of fused-ring (bicyclic) bond motifs is 1. The summed E-state index contributed by atoms with van der Waals surface area (Å²) in [6.07, 6.45) is 1.14. The molecule has 0 saturated carbocycles. The van der Waals surface area contributed by atoms with Crippen LogP contribution in [-0.4, -0.2) is 21.1 Å². The highest BCUT2D eigenvalue weighted by molar-refractivity contribution is 7.99. The topological polar surface area (TPSA) is 20.7 Å². The number of hydrogen-bond donors (Lipinski definition) is 1. The van der Waals surface area contributed by atoms with E-state index in [-0.39, 0.29) is 5.82 Å². The van der Waals surface area contributed by atoms with Crippen molar-refractivity contribution in [3.8, 4) is 0 Å². The largest absolute Gasteiger partial charge is 0.330 e. The second-order valence-electron chi connectivity index (χ2n) is 4.44. The molecule has 0 aliphatic carbocycles. The molecule has 1 unspecified atom stereocenters. The standard InChI is InChI=1S/C12H13FN2S2/c1-7-4-11-10(5-9(7)13)14-12(16)15(11)8-2-3-17-6-8/h4-5,8H,2-3,6H2,1H3,(H,14,16). The molecule has 3 rings (SSSR count). The van der Waals surface area contributed by atoms with Gasteiger partial charge in [0.15, 0.2) is 4.77 Å². The van der Waals surface area contributed by atoms with Crippen LogP contribution in [0.4, 0.5) is 4.39 Å². The highest BCUT2D eigenvalue weighted by Crippen LogP contribution is 2.31. The minimum atomic E-state index is -0.179. The SMILES string of the molecule is Cc1cc2c(cc1F)[nH]c(=S)n2C1CCSC1. The molecule has 1 aliphatic rings. The van der Waals surface area contributed by atoms with Gasteiger partial charge in [0.1, 0.15) is 5.82 Å². The lowest BCUT2D eigenvalue weighted by Crippen LogP contribution is -2.07. The first-order chi connectivity index (χ1) is 8.16. The van der Waals surface area contributed by atoms with E-state index in [2.05, 4.69) is 9.55 Å². The lowest BCUT2D eigenvalue weighted by molar-refractivity contribution is 0.568. The maximum absolute atomic E-state index is 13.5. The molecule has 1 aromatic heterocycles. The first-order valence-corrected chi connectivity index (χ1v) is 7.21. The minimum Gasteiger partial charge on any atom is -0.330 e. The van der Waals surface area contributed by atoms with Crippen LogP contribution in [0.2, 0.25) is 0 Å². The summed E-state index contributed by atoms with van der Waals surface area (Å²) in [5, 5.41) is 0.